The molecule has 2 aromatic heterocycles. The molecule has 130 valence electrons. The molecule has 0 spiro atoms. The fourth-order valence-electron chi connectivity index (χ4n) is 2.69. The van der Waals surface area contributed by atoms with Gasteiger partial charge in [-0.1, -0.05) is 67.1 Å². The van der Waals surface area contributed by atoms with E-state index in [0.717, 1.165) is 37.2 Å². The summed E-state index contributed by atoms with van der Waals surface area (Å²) in [6.07, 6.45) is 3.58. The summed E-state index contributed by atoms with van der Waals surface area (Å²) in [6, 6.07) is 20.7. The maximum Gasteiger partial charge on any atom is 0.142 e. The molecule has 0 unspecified atom stereocenters. The lowest BCUT2D eigenvalue weighted by Gasteiger charge is -1.99. The fourth-order valence-corrected chi connectivity index (χ4v) is 4.73. The van der Waals surface area contributed by atoms with E-state index in [2.05, 4.69) is 47.5 Å². The van der Waals surface area contributed by atoms with Crippen LogP contribution in [0.1, 0.15) is 25.3 Å². The van der Waals surface area contributed by atoms with Gasteiger partial charge in [-0.2, -0.15) is 0 Å². The molecule has 2 heterocycles. The van der Waals surface area contributed by atoms with Crippen molar-refractivity contribution in [3.8, 4) is 10.6 Å². The highest BCUT2D eigenvalue weighted by atomic mass is 32.1. The molecule has 0 aliphatic rings. The number of azo groups is 1. The van der Waals surface area contributed by atoms with Crippen LogP contribution >= 0.6 is 22.7 Å². The Hall–Kier alpha value is -2.37. The number of nitrogens with zero attached hydrogens (tertiary/aromatic N) is 3. The third-order valence-corrected chi connectivity index (χ3v) is 6.21. The number of thiazole rings is 1. The first-order valence-corrected chi connectivity index (χ1v) is 10.4. The van der Waals surface area contributed by atoms with Gasteiger partial charge in [-0.25, -0.2) is 4.98 Å². The molecule has 4 rings (SSSR count). The Bertz CT molecular complexity index is 983. The Morgan fingerprint density at radius 2 is 1.73 bits per heavy atom. The Kier molecular flexibility index (Phi) is 5.18. The first-order valence-electron chi connectivity index (χ1n) is 8.78. The lowest BCUT2D eigenvalue weighted by Crippen LogP contribution is -1.82. The molecule has 0 N–H and O–H groups in total. The summed E-state index contributed by atoms with van der Waals surface area (Å²) in [5.41, 5.74) is 3.41. The number of rotatable bonds is 6. The molecule has 0 saturated carbocycles. The minimum Gasteiger partial charge on any atom is -0.225 e. The van der Waals surface area contributed by atoms with Crippen molar-refractivity contribution in [3.63, 3.8) is 0 Å². The van der Waals surface area contributed by atoms with Crippen LogP contribution in [0, 0.1) is 0 Å². The molecule has 0 aliphatic heterocycles. The zero-order valence-corrected chi connectivity index (χ0v) is 16.2. The second-order valence-corrected chi connectivity index (χ2v) is 8.15. The molecule has 4 aromatic rings. The SMILES string of the molecule is CCCCc1ccc(N=Nc2cc3sc(-c4ccccc4)nc3s2)cc1. The number of thiophene rings is 1. The van der Waals surface area contributed by atoms with E-state index in [1.54, 1.807) is 22.7 Å². The van der Waals surface area contributed by atoms with Crippen molar-refractivity contribution in [2.45, 2.75) is 26.2 Å². The molecule has 0 aliphatic carbocycles. The fraction of sp³-hybridized carbons (Fsp3) is 0.190. The number of hydrogen-bond donors (Lipinski definition) is 0. The Morgan fingerprint density at radius 1 is 0.923 bits per heavy atom. The van der Waals surface area contributed by atoms with Crippen molar-refractivity contribution >= 4 is 42.9 Å². The molecule has 26 heavy (non-hydrogen) atoms. The number of aryl methyl sites for hydroxylation is 1. The van der Waals surface area contributed by atoms with Gasteiger partial charge in [0, 0.05) is 5.56 Å². The standard InChI is InChI=1S/C21H19N3S2/c1-2-3-7-15-10-12-17(13-11-15)23-24-19-14-18-21(26-19)22-20(25-18)16-8-5-4-6-9-16/h4-6,8-14H,2-3,7H2,1H3. The van der Waals surface area contributed by atoms with Crippen LogP contribution in [-0.2, 0) is 6.42 Å². The zero-order valence-electron chi connectivity index (χ0n) is 14.6. The van der Waals surface area contributed by atoms with Crippen LogP contribution in [0.4, 0.5) is 10.7 Å². The van der Waals surface area contributed by atoms with Gasteiger partial charge in [0.2, 0.25) is 0 Å². The number of benzene rings is 2. The van der Waals surface area contributed by atoms with E-state index in [4.69, 9.17) is 4.98 Å². The van der Waals surface area contributed by atoms with E-state index in [0.29, 0.717) is 0 Å². The second kappa shape index (κ2) is 7.89. The predicted molar refractivity (Wildman–Crippen MR) is 112 cm³/mol. The third-order valence-electron chi connectivity index (χ3n) is 4.12. The van der Waals surface area contributed by atoms with Gasteiger partial charge in [0.1, 0.15) is 14.8 Å². The van der Waals surface area contributed by atoms with Crippen molar-refractivity contribution in [2.75, 3.05) is 0 Å². The van der Waals surface area contributed by atoms with Gasteiger partial charge in [0.15, 0.2) is 0 Å². The molecular formula is C21H19N3S2. The number of fused-ring (bicyclic) bond motifs is 1. The predicted octanol–water partition coefficient (Wildman–Crippen LogP) is 7.78. The first-order chi connectivity index (χ1) is 12.8. The molecule has 0 saturated heterocycles. The van der Waals surface area contributed by atoms with E-state index < -0.39 is 0 Å². The number of hydrogen-bond acceptors (Lipinski definition) is 5. The summed E-state index contributed by atoms with van der Waals surface area (Å²) in [5, 5.41) is 10.7. The first kappa shape index (κ1) is 17.1. The number of aromatic nitrogens is 1. The van der Waals surface area contributed by atoms with Gasteiger partial charge < -0.3 is 0 Å². The van der Waals surface area contributed by atoms with Crippen LogP contribution in [0.15, 0.2) is 70.9 Å². The van der Waals surface area contributed by atoms with Gasteiger partial charge in [0.25, 0.3) is 0 Å². The minimum atomic E-state index is 0.889. The van der Waals surface area contributed by atoms with Crippen LogP contribution in [-0.4, -0.2) is 4.98 Å². The Morgan fingerprint density at radius 3 is 2.46 bits per heavy atom. The molecule has 3 nitrogen and oxygen atoms in total. The van der Waals surface area contributed by atoms with Crippen molar-refractivity contribution < 1.29 is 0 Å². The minimum absolute atomic E-state index is 0.889. The summed E-state index contributed by atoms with van der Waals surface area (Å²) in [4.78, 5) is 5.76. The topological polar surface area (TPSA) is 37.6 Å². The molecule has 0 amide bonds. The van der Waals surface area contributed by atoms with Crippen LogP contribution in [0.5, 0.6) is 0 Å². The molecule has 2 aromatic carbocycles. The van der Waals surface area contributed by atoms with E-state index in [-0.39, 0.29) is 0 Å². The van der Waals surface area contributed by atoms with Crippen molar-refractivity contribution in [3.05, 3.63) is 66.2 Å². The van der Waals surface area contributed by atoms with E-state index in [1.165, 1.54) is 18.4 Å². The van der Waals surface area contributed by atoms with Crippen LogP contribution < -0.4 is 0 Å². The molecule has 5 heteroatoms. The Balaban J connectivity index is 1.49. The number of unbranched alkanes of at least 4 members (excludes halogenated alkanes) is 1. The van der Waals surface area contributed by atoms with Gasteiger partial charge in [-0.05, 0) is 36.6 Å². The van der Waals surface area contributed by atoms with Gasteiger partial charge in [-0.15, -0.1) is 21.6 Å². The van der Waals surface area contributed by atoms with Gasteiger partial charge >= 0.3 is 0 Å². The molecule has 0 atom stereocenters. The van der Waals surface area contributed by atoms with Crippen LogP contribution in [0.25, 0.3) is 20.1 Å². The van der Waals surface area contributed by atoms with Crippen LogP contribution in [0.2, 0.25) is 0 Å². The van der Waals surface area contributed by atoms with E-state index in [1.807, 2.05) is 30.3 Å². The van der Waals surface area contributed by atoms with Crippen molar-refractivity contribution in [2.24, 2.45) is 10.2 Å². The zero-order chi connectivity index (χ0) is 17.8. The highest BCUT2D eigenvalue weighted by Crippen LogP contribution is 2.39. The van der Waals surface area contributed by atoms with E-state index >= 15 is 0 Å². The largest absolute Gasteiger partial charge is 0.225 e. The van der Waals surface area contributed by atoms with Crippen LogP contribution in [0.3, 0.4) is 0 Å². The molecule has 0 bridgehead atoms. The normalized spacial score (nSPS) is 11.6. The summed E-state index contributed by atoms with van der Waals surface area (Å²) < 4.78 is 1.16. The average Bonchev–Trinajstić information content (AvgIpc) is 3.25. The molecule has 0 radical (unpaired) electrons. The lowest BCUT2D eigenvalue weighted by atomic mass is 10.1. The third kappa shape index (κ3) is 3.89. The van der Waals surface area contributed by atoms with Gasteiger partial charge in [-0.3, -0.25) is 0 Å². The molecular weight excluding hydrogens is 358 g/mol. The quantitative estimate of drug-likeness (QED) is 0.316. The van der Waals surface area contributed by atoms with Crippen molar-refractivity contribution in [1.82, 2.24) is 4.98 Å². The summed E-state index contributed by atoms with van der Waals surface area (Å²) in [5.74, 6) is 0. The smallest absolute Gasteiger partial charge is 0.142 e. The average molecular weight is 378 g/mol. The maximum atomic E-state index is 4.73. The Labute approximate surface area is 161 Å². The van der Waals surface area contributed by atoms with Crippen molar-refractivity contribution in [1.29, 1.82) is 0 Å². The highest BCUT2D eigenvalue weighted by molar-refractivity contribution is 7.30. The molecule has 0 fully saturated rings. The summed E-state index contributed by atoms with van der Waals surface area (Å²) >= 11 is 3.29. The lowest BCUT2D eigenvalue weighted by molar-refractivity contribution is 0.795. The summed E-state index contributed by atoms with van der Waals surface area (Å²) in [7, 11) is 0. The van der Waals surface area contributed by atoms with E-state index in [9.17, 15) is 0 Å². The van der Waals surface area contributed by atoms with Gasteiger partial charge in [0.05, 0.1) is 10.4 Å². The second-order valence-electron chi connectivity index (χ2n) is 6.11. The summed E-state index contributed by atoms with van der Waals surface area (Å²) in [6.45, 7) is 2.21. The highest BCUT2D eigenvalue weighted by Gasteiger charge is 2.09. The monoisotopic (exact) mass is 377 g/mol. The maximum absolute atomic E-state index is 4.73.